The number of hydrogen-bond acceptors (Lipinski definition) is 5. The van der Waals surface area contributed by atoms with Gasteiger partial charge in [0.25, 0.3) is 11.8 Å². The van der Waals surface area contributed by atoms with Crippen LogP contribution < -0.4 is 9.47 Å². The molecule has 28 heavy (non-hydrogen) atoms. The van der Waals surface area contributed by atoms with Crippen molar-refractivity contribution >= 4 is 17.9 Å². The smallest absolute Gasteiger partial charge is 0.271 e. The Hall–Kier alpha value is -3.33. The van der Waals surface area contributed by atoms with E-state index in [1.54, 1.807) is 37.3 Å². The van der Waals surface area contributed by atoms with Gasteiger partial charge in [0, 0.05) is 12.1 Å². The summed E-state index contributed by atoms with van der Waals surface area (Å²) in [5, 5.41) is 9.42. The fraction of sp³-hybridized carbons (Fsp3) is 0.318. The molecule has 6 heteroatoms. The molecule has 1 aromatic rings. The van der Waals surface area contributed by atoms with Gasteiger partial charge in [-0.1, -0.05) is 32.6 Å². The number of carbonyl (C=O) groups excluding carboxylic acids is 2. The van der Waals surface area contributed by atoms with Gasteiger partial charge in [-0.25, -0.2) is 0 Å². The Morgan fingerprint density at radius 1 is 1.25 bits per heavy atom. The van der Waals surface area contributed by atoms with E-state index in [1.165, 1.54) is 7.11 Å². The summed E-state index contributed by atoms with van der Waals surface area (Å²) in [5.74, 6) is 0.217. The minimum absolute atomic E-state index is 0.00981. The van der Waals surface area contributed by atoms with Gasteiger partial charge in [-0.2, -0.15) is 5.26 Å². The zero-order chi connectivity index (χ0) is 20.8. The lowest BCUT2D eigenvalue weighted by Gasteiger charge is -2.28. The molecule has 0 fully saturated rings. The van der Waals surface area contributed by atoms with E-state index in [-0.39, 0.29) is 18.0 Å². The van der Waals surface area contributed by atoms with Crippen LogP contribution in [0.15, 0.2) is 47.6 Å². The Kier molecular flexibility index (Phi) is 6.78. The summed E-state index contributed by atoms with van der Waals surface area (Å²) in [6, 6.07) is 7.20. The molecule has 2 rings (SSSR count). The molecular weight excluding hydrogens is 356 g/mol. The van der Waals surface area contributed by atoms with Gasteiger partial charge in [0.15, 0.2) is 11.5 Å². The molecule has 0 atom stereocenters. The summed E-state index contributed by atoms with van der Waals surface area (Å²) in [6.45, 7) is 9.65. The largest absolute Gasteiger partial charge is 0.493 e. The molecule has 0 aromatic heterocycles. The Morgan fingerprint density at radius 2 is 1.96 bits per heavy atom. The number of methoxy groups -OCH3 is 1. The zero-order valence-electron chi connectivity index (χ0n) is 16.6. The predicted molar refractivity (Wildman–Crippen MR) is 107 cm³/mol. The van der Waals surface area contributed by atoms with Crippen molar-refractivity contribution in [2.75, 3.05) is 20.3 Å². The molecule has 1 aliphatic heterocycles. The Morgan fingerprint density at radius 3 is 2.54 bits per heavy atom. The van der Waals surface area contributed by atoms with Crippen molar-refractivity contribution in [2.45, 2.75) is 20.8 Å². The first-order valence-corrected chi connectivity index (χ1v) is 8.95. The third kappa shape index (κ3) is 4.32. The Labute approximate surface area is 165 Å². The maximum Gasteiger partial charge on any atom is 0.271 e. The highest BCUT2D eigenvalue weighted by Crippen LogP contribution is 2.31. The molecule has 0 bridgehead atoms. The molecule has 1 heterocycles. The van der Waals surface area contributed by atoms with Gasteiger partial charge in [-0.15, -0.1) is 0 Å². The van der Waals surface area contributed by atoms with Crippen LogP contribution in [0.4, 0.5) is 0 Å². The highest BCUT2D eigenvalue weighted by atomic mass is 16.5. The van der Waals surface area contributed by atoms with Crippen molar-refractivity contribution in [3.8, 4) is 17.6 Å². The van der Waals surface area contributed by atoms with Crippen LogP contribution in [0.3, 0.4) is 0 Å². The van der Waals surface area contributed by atoms with E-state index >= 15 is 0 Å². The average molecular weight is 380 g/mol. The van der Waals surface area contributed by atoms with Crippen LogP contribution in [0.5, 0.6) is 11.5 Å². The molecular formula is C22H24N2O4. The van der Waals surface area contributed by atoms with Gasteiger partial charge in [0.1, 0.15) is 18.2 Å². The first kappa shape index (κ1) is 21.0. The molecule has 6 nitrogen and oxygen atoms in total. The second-order valence-corrected chi connectivity index (χ2v) is 6.79. The highest BCUT2D eigenvalue weighted by Gasteiger charge is 2.35. The number of nitrogens with zero attached hydrogens (tertiary/aromatic N) is 2. The normalized spacial score (nSPS) is 15.9. The highest BCUT2D eigenvalue weighted by molar-refractivity contribution is 6.19. The lowest BCUT2D eigenvalue weighted by molar-refractivity contribution is -0.141. The number of ether oxygens (including phenoxy) is 2. The summed E-state index contributed by atoms with van der Waals surface area (Å²) >= 11 is 0. The summed E-state index contributed by atoms with van der Waals surface area (Å²) in [5.41, 5.74) is 1.38. The van der Waals surface area contributed by atoms with E-state index in [9.17, 15) is 14.9 Å². The number of carbonyl (C=O) groups is 2. The third-order valence-corrected chi connectivity index (χ3v) is 4.23. The van der Waals surface area contributed by atoms with E-state index in [0.29, 0.717) is 34.8 Å². The van der Waals surface area contributed by atoms with Crippen LogP contribution >= 0.6 is 0 Å². The zero-order valence-corrected chi connectivity index (χ0v) is 16.6. The van der Waals surface area contributed by atoms with E-state index in [0.717, 1.165) is 4.90 Å². The minimum Gasteiger partial charge on any atom is -0.493 e. The minimum atomic E-state index is -0.540. The average Bonchev–Trinajstić information content (AvgIpc) is 2.67. The number of benzene rings is 1. The van der Waals surface area contributed by atoms with Gasteiger partial charge in [0.05, 0.1) is 7.11 Å². The van der Waals surface area contributed by atoms with Gasteiger partial charge >= 0.3 is 0 Å². The summed E-state index contributed by atoms with van der Waals surface area (Å²) < 4.78 is 10.9. The number of rotatable bonds is 7. The lowest BCUT2D eigenvalue weighted by atomic mass is 9.93. The molecule has 0 saturated carbocycles. The Balaban J connectivity index is 2.51. The molecule has 0 spiro atoms. The number of hydrogen-bond donors (Lipinski definition) is 0. The number of amides is 2. The topological polar surface area (TPSA) is 79.6 Å². The molecule has 0 unspecified atom stereocenters. The fourth-order valence-corrected chi connectivity index (χ4v) is 2.87. The van der Waals surface area contributed by atoms with Gasteiger partial charge in [-0.3, -0.25) is 14.5 Å². The SMILES string of the molecule is C=CCOc1ccc(/C=C2/C(=O)N(CC(C)C)C(=O)C(C#N)=C2C)cc1OC. The monoisotopic (exact) mass is 380 g/mol. The first-order chi connectivity index (χ1) is 13.3. The molecule has 146 valence electrons. The summed E-state index contributed by atoms with van der Waals surface area (Å²) in [6.07, 6.45) is 3.29. The van der Waals surface area contributed by atoms with Crippen LogP contribution in [0, 0.1) is 17.2 Å². The molecule has 0 aliphatic carbocycles. The van der Waals surface area contributed by atoms with E-state index < -0.39 is 11.8 Å². The maximum absolute atomic E-state index is 12.9. The number of nitriles is 1. The van der Waals surface area contributed by atoms with Crippen molar-refractivity contribution in [3.63, 3.8) is 0 Å². The first-order valence-electron chi connectivity index (χ1n) is 8.95. The molecule has 1 aliphatic rings. The maximum atomic E-state index is 12.9. The quantitative estimate of drug-likeness (QED) is 0.411. The van der Waals surface area contributed by atoms with Crippen LogP contribution in [0.25, 0.3) is 6.08 Å². The Bertz CT molecular complexity index is 904. The summed E-state index contributed by atoms with van der Waals surface area (Å²) in [4.78, 5) is 26.6. The third-order valence-electron chi connectivity index (χ3n) is 4.23. The summed E-state index contributed by atoms with van der Waals surface area (Å²) in [7, 11) is 1.53. The fourth-order valence-electron chi connectivity index (χ4n) is 2.87. The van der Waals surface area contributed by atoms with Crippen LogP contribution in [0.2, 0.25) is 0 Å². The molecule has 0 radical (unpaired) electrons. The molecule has 1 aromatic carbocycles. The van der Waals surface area contributed by atoms with Crippen molar-refractivity contribution in [1.29, 1.82) is 5.26 Å². The van der Waals surface area contributed by atoms with Crippen LogP contribution in [-0.2, 0) is 9.59 Å². The van der Waals surface area contributed by atoms with Crippen molar-refractivity contribution in [3.05, 3.63) is 53.1 Å². The molecule has 0 saturated heterocycles. The van der Waals surface area contributed by atoms with Gasteiger partial charge in [0.2, 0.25) is 0 Å². The van der Waals surface area contributed by atoms with Crippen LogP contribution in [0.1, 0.15) is 26.3 Å². The van der Waals surface area contributed by atoms with Crippen molar-refractivity contribution < 1.29 is 19.1 Å². The van der Waals surface area contributed by atoms with Gasteiger partial charge < -0.3 is 9.47 Å². The van der Waals surface area contributed by atoms with E-state index in [1.807, 2.05) is 19.9 Å². The van der Waals surface area contributed by atoms with Crippen molar-refractivity contribution in [2.24, 2.45) is 5.92 Å². The standard InChI is InChI=1S/C22H24N2O4/c1-6-9-28-19-8-7-16(11-20(19)27-5)10-17-15(4)18(12-23)22(26)24(21(17)25)13-14(2)3/h6-8,10-11,14H,1,9,13H2,2-5H3/b17-10+. The van der Waals surface area contributed by atoms with Crippen molar-refractivity contribution in [1.82, 2.24) is 4.90 Å². The molecule has 2 amide bonds. The lowest BCUT2D eigenvalue weighted by Crippen LogP contribution is -2.44. The predicted octanol–water partition coefficient (Wildman–Crippen LogP) is 3.51. The van der Waals surface area contributed by atoms with Gasteiger partial charge in [-0.05, 0) is 42.2 Å². The molecule has 0 N–H and O–H groups in total. The van der Waals surface area contributed by atoms with E-state index in [2.05, 4.69) is 6.58 Å². The second kappa shape index (κ2) is 9.05. The van der Waals surface area contributed by atoms with E-state index in [4.69, 9.17) is 9.47 Å². The second-order valence-electron chi connectivity index (χ2n) is 6.79. The number of imide groups is 1. The van der Waals surface area contributed by atoms with Crippen LogP contribution in [-0.4, -0.2) is 37.0 Å².